The van der Waals surface area contributed by atoms with Crippen molar-refractivity contribution < 1.29 is 67.5 Å². The lowest BCUT2D eigenvalue weighted by molar-refractivity contribution is -0.356. The molecule has 0 aromatic rings. The Morgan fingerprint density at radius 2 is 1.59 bits per heavy atom. The maximum atomic E-state index is 13.4. The van der Waals surface area contributed by atoms with Crippen LogP contribution in [0.15, 0.2) is 12.7 Å². The summed E-state index contributed by atoms with van der Waals surface area (Å²) in [4.78, 5) is 23.0. The van der Waals surface area contributed by atoms with Crippen LogP contribution < -0.4 is 0 Å². The van der Waals surface area contributed by atoms with Crippen LogP contribution in [0.5, 0.6) is 0 Å². The molecule has 0 spiro atoms. The minimum Gasteiger partial charge on any atom is -0.743 e. The topological polar surface area (TPSA) is 119 Å². The largest absolute Gasteiger partial charge is 0.743 e. The molecule has 0 bridgehead atoms. The van der Waals surface area contributed by atoms with Crippen molar-refractivity contribution >= 4 is 22.1 Å². The minimum absolute atomic E-state index is 0.0270. The number of ether oxygens (including phenoxy) is 3. The van der Waals surface area contributed by atoms with Gasteiger partial charge in [-0.05, 0) is 6.42 Å². The fourth-order valence-electron chi connectivity index (χ4n) is 1.51. The first-order chi connectivity index (χ1) is 12.9. The predicted molar refractivity (Wildman–Crippen MR) is 76.5 cm³/mol. The van der Waals surface area contributed by atoms with Gasteiger partial charge in [0.1, 0.15) is 0 Å². The van der Waals surface area contributed by atoms with Gasteiger partial charge in [0, 0.05) is 12.5 Å². The van der Waals surface area contributed by atoms with Gasteiger partial charge in [0.25, 0.3) is 0 Å². The summed E-state index contributed by atoms with van der Waals surface area (Å²) >= 11 is 0. The van der Waals surface area contributed by atoms with Crippen molar-refractivity contribution in [1.29, 1.82) is 0 Å². The van der Waals surface area contributed by atoms with Crippen molar-refractivity contribution in [1.82, 2.24) is 0 Å². The lowest BCUT2D eigenvalue weighted by atomic mass is 10.2. The zero-order valence-electron chi connectivity index (χ0n) is 14.4. The van der Waals surface area contributed by atoms with Gasteiger partial charge < -0.3 is 18.8 Å². The molecule has 0 saturated heterocycles. The Morgan fingerprint density at radius 1 is 1.07 bits per heavy atom. The van der Waals surface area contributed by atoms with Gasteiger partial charge in [0.2, 0.25) is 0 Å². The van der Waals surface area contributed by atoms with Crippen LogP contribution in [0, 0.1) is 0 Å². The molecule has 0 radical (unpaired) electrons. The highest BCUT2D eigenvalue weighted by Gasteiger charge is 2.68. The molecule has 0 fully saturated rings. The summed E-state index contributed by atoms with van der Waals surface area (Å²) < 4.78 is 136. The number of carbonyl (C=O) groups is 2. The van der Waals surface area contributed by atoms with Crippen molar-refractivity contribution in [2.24, 2.45) is 0 Å². The van der Waals surface area contributed by atoms with E-state index in [9.17, 15) is 53.3 Å². The van der Waals surface area contributed by atoms with Crippen LogP contribution in [0.2, 0.25) is 0 Å². The van der Waals surface area contributed by atoms with Crippen LogP contribution in [0.1, 0.15) is 19.8 Å². The van der Waals surface area contributed by atoms with Gasteiger partial charge in [-0.15, -0.1) is 0 Å². The van der Waals surface area contributed by atoms with Gasteiger partial charge in [0.15, 0.2) is 10.1 Å². The third-order valence-corrected chi connectivity index (χ3v) is 3.88. The van der Waals surface area contributed by atoms with Gasteiger partial charge in [-0.2, -0.15) is 30.7 Å². The van der Waals surface area contributed by atoms with E-state index >= 15 is 0 Å². The summed E-state index contributed by atoms with van der Waals surface area (Å²) in [5, 5.41) is -6.20. The van der Waals surface area contributed by atoms with E-state index in [0.717, 1.165) is 0 Å². The number of alkyl halides is 7. The standard InChI is InChI=1S/C13H15F7O8S/c1-3-6-26-9(22)11(12(16,17)18,28-8(21)4-2)27-7-5-10(14,15)13(19,20)29(23,24)25/h4H,2-3,5-7H2,1H3,(H,23,24,25)/p-1. The molecule has 16 heteroatoms. The van der Waals surface area contributed by atoms with E-state index in [1.54, 1.807) is 0 Å². The number of halogens is 7. The second-order valence-corrected chi connectivity index (χ2v) is 6.57. The zero-order valence-corrected chi connectivity index (χ0v) is 15.2. The van der Waals surface area contributed by atoms with Crippen molar-refractivity contribution in [3.63, 3.8) is 0 Å². The van der Waals surface area contributed by atoms with E-state index in [1.165, 1.54) is 6.92 Å². The normalized spacial score (nSPS) is 15.3. The molecule has 0 aromatic heterocycles. The van der Waals surface area contributed by atoms with Gasteiger partial charge in [-0.1, -0.05) is 13.5 Å². The van der Waals surface area contributed by atoms with Crippen molar-refractivity contribution in [3.05, 3.63) is 12.7 Å². The quantitative estimate of drug-likeness (QED) is 0.150. The molecule has 0 aliphatic carbocycles. The Bertz CT molecular complexity index is 719. The van der Waals surface area contributed by atoms with Crippen molar-refractivity contribution in [3.8, 4) is 0 Å². The Labute approximate surface area is 159 Å². The smallest absolute Gasteiger partial charge is 0.468 e. The zero-order chi connectivity index (χ0) is 23.3. The molecular weight excluding hydrogens is 449 g/mol. The molecule has 0 aliphatic heterocycles. The van der Waals surface area contributed by atoms with Crippen LogP contribution in [-0.2, 0) is 33.9 Å². The van der Waals surface area contributed by atoms with E-state index in [2.05, 4.69) is 20.8 Å². The van der Waals surface area contributed by atoms with E-state index in [4.69, 9.17) is 0 Å². The molecule has 0 amide bonds. The molecule has 1 unspecified atom stereocenters. The van der Waals surface area contributed by atoms with Gasteiger partial charge in [0.05, 0.1) is 13.2 Å². The van der Waals surface area contributed by atoms with Crippen LogP contribution in [0.3, 0.4) is 0 Å². The summed E-state index contributed by atoms with van der Waals surface area (Å²) in [5.41, 5.74) is 0. The molecule has 0 saturated carbocycles. The molecule has 1 atom stereocenters. The lowest BCUT2D eigenvalue weighted by Crippen LogP contribution is -2.58. The summed E-state index contributed by atoms with van der Waals surface area (Å²) in [7, 11) is -6.91. The first kappa shape index (κ1) is 27.1. The Kier molecular flexibility index (Phi) is 8.63. The number of hydrogen-bond donors (Lipinski definition) is 0. The molecule has 0 N–H and O–H groups in total. The fourth-order valence-corrected chi connectivity index (χ4v) is 1.98. The number of hydrogen-bond acceptors (Lipinski definition) is 8. The number of rotatable bonds is 11. The SMILES string of the molecule is C=CC(=O)OC(OCCC(F)(F)C(F)(F)S(=O)(=O)[O-])(C(=O)OCCC)C(F)(F)F. The monoisotopic (exact) mass is 463 g/mol. The molecule has 0 rings (SSSR count). The highest BCUT2D eigenvalue weighted by molar-refractivity contribution is 7.86. The van der Waals surface area contributed by atoms with Crippen LogP contribution in [0.25, 0.3) is 0 Å². The van der Waals surface area contributed by atoms with Crippen LogP contribution in [0.4, 0.5) is 30.7 Å². The Hall–Kier alpha value is -1.94. The van der Waals surface area contributed by atoms with E-state index < -0.39 is 64.8 Å². The summed E-state index contributed by atoms with van der Waals surface area (Å²) in [5.74, 6) is -14.7. The molecule has 0 heterocycles. The maximum absolute atomic E-state index is 13.4. The summed E-state index contributed by atoms with van der Waals surface area (Å²) in [6, 6.07) is 0. The molecule has 29 heavy (non-hydrogen) atoms. The maximum Gasteiger partial charge on any atom is 0.468 e. The summed E-state index contributed by atoms with van der Waals surface area (Å²) in [6.45, 7) is 1.34. The highest BCUT2D eigenvalue weighted by Crippen LogP contribution is 2.42. The second-order valence-electron chi connectivity index (χ2n) is 5.15. The van der Waals surface area contributed by atoms with Gasteiger partial charge >= 0.3 is 35.1 Å². The molecule has 0 aromatic carbocycles. The van der Waals surface area contributed by atoms with Crippen LogP contribution >= 0.6 is 0 Å². The van der Waals surface area contributed by atoms with Crippen molar-refractivity contribution in [2.75, 3.05) is 13.2 Å². The van der Waals surface area contributed by atoms with Crippen LogP contribution in [-0.4, -0.2) is 61.3 Å². The summed E-state index contributed by atoms with van der Waals surface area (Å²) in [6.07, 6.45) is -8.31. The first-order valence-electron chi connectivity index (χ1n) is 7.34. The fraction of sp³-hybridized carbons (Fsp3) is 0.692. The first-order valence-corrected chi connectivity index (χ1v) is 8.74. The average molecular weight is 463 g/mol. The number of esters is 2. The van der Waals surface area contributed by atoms with E-state index in [0.29, 0.717) is 0 Å². The second kappa shape index (κ2) is 9.25. The predicted octanol–water partition coefficient (Wildman–Crippen LogP) is 2.11. The van der Waals surface area contributed by atoms with E-state index in [-0.39, 0.29) is 12.5 Å². The molecule has 170 valence electrons. The highest BCUT2D eigenvalue weighted by atomic mass is 32.2. The van der Waals surface area contributed by atoms with Gasteiger partial charge in [-0.25, -0.2) is 18.0 Å². The van der Waals surface area contributed by atoms with E-state index in [1.807, 2.05) is 0 Å². The average Bonchev–Trinajstić information content (AvgIpc) is 2.55. The minimum atomic E-state index is -6.91. The van der Waals surface area contributed by atoms with Crippen molar-refractivity contribution in [2.45, 2.75) is 42.9 Å². The van der Waals surface area contributed by atoms with Gasteiger partial charge in [-0.3, -0.25) is 0 Å². The third kappa shape index (κ3) is 6.02. The Morgan fingerprint density at radius 3 is 1.97 bits per heavy atom. The molecular formula is C13H14F7O8S-. The molecule has 8 nitrogen and oxygen atoms in total. The Balaban J connectivity index is 5.86. The lowest BCUT2D eigenvalue weighted by Gasteiger charge is -2.33. The molecule has 0 aliphatic rings. The third-order valence-electron chi connectivity index (χ3n) is 2.95. The number of carbonyl (C=O) groups excluding carboxylic acids is 2.